The zero-order valence-corrected chi connectivity index (χ0v) is 13.4. The molecule has 6 heteroatoms. The number of carbonyl (C=O) groups is 1. The van der Waals surface area contributed by atoms with E-state index in [4.69, 9.17) is 4.42 Å². The predicted octanol–water partition coefficient (Wildman–Crippen LogP) is 2.03. The molecule has 0 unspecified atom stereocenters. The minimum atomic E-state index is -0.816. The molecule has 0 aliphatic heterocycles. The van der Waals surface area contributed by atoms with Crippen LogP contribution < -0.4 is 10.7 Å². The molecule has 0 aliphatic rings. The van der Waals surface area contributed by atoms with Gasteiger partial charge in [0, 0.05) is 24.1 Å². The highest BCUT2D eigenvalue weighted by Crippen LogP contribution is 2.32. The van der Waals surface area contributed by atoms with Crippen LogP contribution in [0.3, 0.4) is 0 Å². The van der Waals surface area contributed by atoms with Crippen LogP contribution >= 0.6 is 0 Å². The number of carbonyl (C=O) groups excluding carboxylic acids is 1. The van der Waals surface area contributed by atoms with Crippen LogP contribution in [0.5, 0.6) is 5.75 Å². The Morgan fingerprint density at radius 3 is 2.78 bits per heavy atom. The largest absolute Gasteiger partial charge is 0.502 e. The van der Waals surface area contributed by atoms with Crippen LogP contribution in [0.4, 0.5) is 0 Å². The van der Waals surface area contributed by atoms with Gasteiger partial charge in [0.15, 0.2) is 5.76 Å². The maximum absolute atomic E-state index is 12.1. The molecule has 2 aromatic rings. The monoisotopic (exact) mass is 316 g/mol. The predicted molar refractivity (Wildman–Crippen MR) is 85.1 cm³/mol. The van der Waals surface area contributed by atoms with Crippen LogP contribution in [-0.4, -0.2) is 16.0 Å². The van der Waals surface area contributed by atoms with Crippen LogP contribution in [0.1, 0.15) is 37.5 Å². The fourth-order valence-corrected chi connectivity index (χ4v) is 2.30. The highest BCUT2D eigenvalue weighted by atomic mass is 16.4. The molecule has 0 spiro atoms. The van der Waals surface area contributed by atoms with Gasteiger partial charge in [-0.25, -0.2) is 0 Å². The lowest BCUT2D eigenvalue weighted by Gasteiger charge is -2.23. The number of rotatable bonds is 5. The highest BCUT2D eigenvalue weighted by Gasteiger charge is 2.31. The molecule has 2 N–H and O–H groups in total. The lowest BCUT2D eigenvalue weighted by atomic mass is 9.85. The van der Waals surface area contributed by atoms with Gasteiger partial charge in [0.05, 0.1) is 12.2 Å². The molecule has 23 heavy (non-hydrogen) atoms. The zero-order chi connectivity index (χ0) is 17.0. The second kappa shape index (κ2) is 6.64. The summed E-state index contributed by atoms with van der Waals surface area (Å²) in [5.74, 6) is -0.150. The minimum absolute atomic E-state index is 0.0692. The van der Waals surface area contributed by atoms with Gasteiger partial charge in [0.2, 0.25) is 17.1 Å². The Bertz CT molecular complexity index is 751. The third-order valence-corrected chi connectivity index (χ3v) is 3.46. The Kier molecular flexibility index (Phi) is 4.83. The second-order valence-electron chi connectivity index (χ2n) is 6.06. The SMILES string of the molecule is Cc1cc(=O)c(O)c(C(C)(C)CC(=O)NCc2ccccn2)o1. The van der Waals surface area contributed by atoms with E-state index in [1.807, 2.05) is 12.1 Å². The molecule has 1 amide bonds. The van der Waals surface area contributed by atoms with E-state index in [0.29, 0.717) is 12.3 Å². The summed E-state index contributed by atoms with van der Waals surface area (Å²) in [6.07, 6.45) is 1.73. The Hall–Kier alpha value is -2.63. The summed E-state index contributed by atoms with van der Waals surface area (Å²) in [7, 11) is 0. The maximum Gasteiger partial charge on any atom is 0.227 e. The first kappa shape index (κ1) is 16.7. The van der Waals surface area contributed by atoms with Crippen LogP contribution in [0.25, 0.3) is 0 Å². The summed E-state index contributed by atoms with van der Waals surface area (Å²) in [5.41, 5.74) is -0.571. The van der Waals surface area contributed by atoms with Crippen molar-refractivity contribution in [2.75, 3.05) is 0 Å². The first-order valence-corrected chi connectivity index (χ1v) is 7.30. The van der Waals surface area contributed by atoms with Gasteiger partial charge in [-0.15, -0.1) is 0 Å². The first-order valence-electron chi connectivity index (χ1n) is 7.30. The Labute approximate surface area is 134 Å². The van der Waals surface area contributed by atoms with E-state index < -0.39 is 16.6 Å². The average molecular weight is 316 g/mol. The molecule has 0 bridgehead atoms. The van der Waals surface area contributed by atoms with E-state index in [1.54, 1.807) is 33.0 Å². The lowest BCUT2D eigenvalue weighted by Crippen LogP contribution is -2.31. The number of hydrogen-bond acceptors (Lipinski definition) is 5. The molecule has 6 nitrogen and oxygen atoms in total. The number of nitrogens with one attached hydrogen (secondary N) is 1. The third-order valence-electron chi connectivity index (χ3n) is 3.46. The number of nitrogens with zero attached hydrogens (tertiary/aromatic N) is 1. The van der Waals surface area contributed by atoms with E-state index >= 15 is 0 Å². The molecule has 0 saturated carbocycles. The third kappa shape index (κ3) is 4.18. The quantitative estimate of drug-likeness (QED) is 0.880. The van der Waals surface area contributed by atoms with Gasteiger partial charge < -0.3 is 14.8 Å². The molecule has 122 valence electrons. The van der Waals surface area contributed by atoms with Crippen molar-refractivity contribution in [1.29, 1.82) is 0 Å². The fraction of sp³-hybridized carbons (Fsp3) is 0.353. The van der Waals surface area contributed by atoms with E-state index in [0.717, 1.165) is 5.69 Å². The van der Waals surface area contributed by atoms with Crippen LogP contribution in [0.2, 0.25) is 0 Å². The summed E-state index contributed by atoms with van der Waals surface area (Å²) < 4.78 is 5.47. The van der Waals surface area contributed by atoms with E-state index in [-0.39, 0.29) is 18.1 Å². The van der Waals surface area contributed by atoms with Gasteiger partial charge in [0.25, 0.3) is 0 Å². The molecule has 2 rings (SSSR count). The molecule has 0 aromatic carbocycles. The number of aromatic nitrogens is 1. The molecule has 0 saturated heterocycles. The maximum atomic E-state index is 12.1. The van der Waals surface area contributed by atoms with Crippen molar-refractivity contribution < 1.29 is 14.3 Å². The Morgan fingerprint density at radius 2 is 2.13 bits per heavy atom. The molecular weight excluding hydrogens is 296 g/mol. The number of aryl methyl sites for hydroxylation is 1. The average Bonchev–Trinajstić information content (AvgIpc) is 2.49. The summed E-state index contributed by atoms with van der Waals surface area (Å²) in [6.45, 7) is 5.43. The Balaban J connectivity index is 2.09. The normalized spacial score (nSPS) is 11.3. The van der Waals surface area contributed by atoms with Crippen molar-refractivity contribution in [1.82, 2.24) is 10.3 Å². The van der Waals surface area contributed by atoms with Crippen molar-refractivity contribution in [3.8, 4) is 5.75 Å². The molecule has 0 fully saturated rings. The van der Waals surface area contributed by atoms with E-state index in [9.17, 15) is 14.7 Å². The second-order valence-corrected chi connectivity index (χ2v) is 6.06. The summed E-state index contributed by atoms with van der Waals surface area (Å²) in [5, 5.41) is 12.7. The van der Waals surface area contributed by atoms with Gasteiger partial charge in [-0.3, -0.25) is 14.6 Å². The minimum Gasteiger partial charge on any atom is -0.502 e. The van der Waals surface area contributed by atoms with Gasteiger partial charge >= 0.3 is 0 Å². The first-order chi connectivity index (χ1) is 10.8. The van der Waals surface area contributed by atoms with Crippen molar-refractivity contribution >= 4 is 5.91 Å². The van der Waals surface area contributed by atoms with Crippen LogP contribution in [0.15, 0.2) is 39.7 Å². The number of amides is 1. The van der Waals surface area contributed by atoms with Crippen molar-refractivity contribution in [2.45, 2.75) is 39.2 Å². The molecular formula is C17H20N2O4. The number of hydrogen-bond donors (Lipinski definition) is 2. The molecule has 0 atom stereocenters. The molecule has 2 heterocycles. The van der Waals surface area contributed by atoms with Crippen molar-refractivity contribution in [2.24, 2.45) is 0 Å². The molecule has 0 aliphatic carbocycles. The summed E-state index contributed by atoms with van der Waals surface area (Å²) in [4.78, 5) is 28.0. The van der Waals surface area contributed by atoms with Crippen LogP contribution in [0, 0.1) is 6.92 Å². The van der Waals surface area contributed by atoms with Crippen molar-refractivity contribution in [3.05, 3.63) is 57.9 Å². The fourth-order valence-electron chi connectivity index (χ4n) is 2.30. The van der Waals surface area contributed by atoms with Crippen LogP contribution in [-0.2, 0) is 16.8 Å². The smallest absolute Gasteiger partial charge is 0.227 e. The van der Waals surface area contributed by atoms with E-state index in [2.05, 4.69) is 10.3 Å². The molecule has 0 radical (unpaired) electrons. The standard InChI is InChI=1S/C17H20N2O4/c1-11-8-13(20)15(22)16(23-11)17(2,3)9-14(21)19-10-12-6-4-5-7-18-12/h4-8,22H,9-10H2,1-3H3,(H,19,21). The summed E-state index contributed by atoms with van der Waals surface area (Å²) >= 11 is 0. The number of pyridine rings is 1. The van der Waals surface area contributed by atoms with E-state index in [1.165, 1.54) is 6.07 Å². The highest BCUT2D eigenvalue weighted by molar-refractivity contribution is 5.77. The lowest BCUT2D eigenvalue weighted by molar-refractivity contribution is -0.122. The Morgan fingerprint density at radius 1 is 1.39 bits per heavy atom. The van der Waals surface area contributed by atoms with Gasteiger partial charge in [-0.1, -0.05) is 19.9 Å². The van der Waals surface area contributed by atoms with Gasteiger partial charge in [-0.05, 0) is 19.1 Å². The van der Waals surface area contributed by atoms with Gasteiger partial charge in [-0.2, -0.15) is 0 Å². The topological polar surface area (TPSA) is 92.4 Å². The van der Waals surface area contributed by atoms with Crippen molar-refractivity contribution in [3.63, 3.8) is 0 Å². The van der Waals surface area contributed by atoms with Gasteiger partial charge in [0.1, 0.15) is 5.76 Å². The molecule has 2 aromatic heterocycles. The number of aromatic hydroxyl groups is 1. The summed E-state index contributed by atoms with van der Waals surface area (Å²) in [6, 6.07) is 6.68. The zero-order valence-electron chi connectivity index (χ0n) is 13.4.